The van der Waals surface area contributed by atoms with Gasteiger partial charge >= 0.3 is 11.9 Å². The smallest absolute Gasteiger partial charge is 0.335 e. The number of carbonyl (C=O) groups is 3. The van der Waals surface area contributed by atoms with Gasteiger partial charge in [0.05, 0.1) is 18.7 Å². The number of carboxylic acids is 1. The Balaban J connectivity index is 1.86. The number of carboxylic acid groups (broad SMARTS) is 1. The van der Waals surface area contributed by atoms with Gasteiger partial charge < -0.3 is 14.7 Å². The molecule has 2 aromatic carbocycles. The molecule has 0 bridgehead atoms. The van der Waals surface area contributed by atoms with Crippen LogP contribution in [0.2, 0.25) is 0 Å². The van der Waals surface area contributed by atoms with Gasteiger partial charge in [-0.25, -0.2) is 15.0 Å². The minimum Gasteiger partial charge on any atom is -0.478 e. The number of rotatable bonds is 7. The number of benzene rings is 2. The average molecular weight is 423 g/mol. The molecule has 1 saturated heterocycles. The Morgan fingerprint density at radius 3 is 2.32 bits per heavy atom. The SMILES string of the molecule is CCOC(=O)C1NN(Cc2ccc(C(=O)O)cc2)C(=O)C1=Cc1ccc(N(C)C)cc1. The number of anilines is 1. The van der Waals surface area contributed by atoms with E-state index in [4.69, 9.17) is 9.84 Å². The molecule has 0 radical (unpaired) electrons. The summed E-state index contributed by atoms with van der Waals surface area (Å²) in [5, 5.41) is 10.4. The lowest BCUT2D eigenvalue weighted by Crippen LogP contribution is -2.41. The van der Waals surface area contributed by atoms with Crippen LogP contribution in [-0.4, -0.2) is 54.7 Å². The summed E-state index contributed by atoms with van der Waals surface area (Å²) in [6.07, 6.45) is 1.68. The van der Waals surface area contributed by atoms with Gasteiger partial charge in [-0.3, -0.25) is 9.80 Å². The van der Waals surface area contributed by atoms with Gasteiger partial charge in [0.15, 0.2) is 6.04 Å². The molecule has 1 amide bonds. The third-order valence-electron chi connectivity index (χ3n) is 4.88. The highest BCUT2D eigenvalue weighted by Gasteiger charge is 2.40. The van der Waals surface area contributed by atoms with E-state index >= 15 is 0 Å². The fourth-order valence-electron chi connectivity index (χ4n) is 3.21. The molecule has 0 aromatic heterocycles. The number of amides is 1. The van der Waals surface area contributed by atoms with Crippen molar-refractivity contribution in [3.8, 4) is 0 Å². The molecular formula is C23H25N3O5. The molecule has 2 aromatic rings. The van der Waals surface area contributed by atoms with E-state index in [-0.39, 0.29) is 24.6 Å². The Morgan fingerprint density at radius 2 is 1.77 bits per heavy atom. The van der Waals surface area contributed by atoms with Gasteiger partial charge in [0, 0.05) is 25.4 Å². The van der Waals surface area contributed by atoms with Crippen LogP contribution in [0.1, 0.15) is 28.4 Å². The second-order valence-electron chi connectivity index (χ2n) is 7.29. The second-order valence-corrected chi connectivity index (χ2v) is 7.29. The molecule has 1 aliphatic heterocycles. The van der Waals surface area contributed by atoms with Crippen LogP contribution in [0.4, 0.5) is 5.69 Å². The zero-order valence-corrected chi connectivity index (χ0v) is 17.7. The molecular weight excluding hydrogens is 398 g/mol. The van der Waals surface area contributed by atoms with E-state index in [1.807, 2.05) is 43.3 Å². The van der Waals surface area contributed by atoms with Crippen molar-refractivity contribution in [2.24, 2.45) is 0 Å². The van der Waals surface area contributed by atoms with Crippen molar-refractivity contribution in [3.05, 3.63) is 70.8 Å². The van der Waals surface area contributed by atoms with Crippen molar-refractivity contribution in [1.29, 1.82) is 0 Å². The Bertz CT molecular complexity index is 997. The van der Waals surface area contributed by atoms with Crippen molar-refractivity contribution < 1.29 is 24.2 Å². The van der Waals surface area contributed by atoms with E-state index in [0.29, 0.717) is 5.57 Å². The van der Waals surface area contributed by atoms with E-state index in [1.54, 1.807) is 25.1 Å². The maximum atomic E-state index is 13.1. The van der Waals surface area contributed by atoms with Crippen molar-refractivity contribution in [1.82, 2.24) is 10.4 Å². The van der Waals surface area contributed by atoms with E-state index in [9.17, 15) is 14.4 Å². The van der Waals surface area contributed by atoms with Crippen molar-refractivity contribution >= 4 is 29.6 Å². The van der Waals surface area contributed by atoms with Crippen LogP contribution < -0.4 is 10.3 Å². The fraction of sp³-hybridized carbons (Fsp3) is 0.261. The summed E-state index contributed by atoms with van der Waals surface area (Å²) in [6, 6.07) is 12.9. The first-order chi connectivity index (χ1) is 14.8. The zero-order valence-electron chi connectivity index (χ0n) is 17.7. The third kappa shape index (κ3) is 5.10. The van der Waals surface area contributed by atoms with Crippen LogP contribution in [-0.2, 0) is 20.9 Å². The zero-order chi connectivity index (χ0) is 22.5. The van der Waals surface area contributed by atoms with Gasteiger partial charge in [0.25, 0.3) is 5.91 Å². The maximum absolute atomic E-state index is 13.1. The molecule has 31 heavy (non-hydrogen) atoms. The summed E-state index contributed by atoms with van der Waals surface area (Å²) in [4.78, 5) is 38.5. The molecule has 2 N–H and O–H groups in total. The molecule has 8 heteroatoms. The summed E-state index contributed by atoms with van der Waals surface area (Å²) in [6.45, 7) is 2.08. The molecule has 1 aliphatic rings. The topological polar surface area (TPSA) is 99.2 Å². The Labute approximate surface area is 180 Å². The van der Waals surface area contributed by atoms with Crippen LogP contribution in [0.25, 0.3) is 6.08 Å². The quantitative estimate of drug-likeness (QED) is 0.521. The summed E-state index contributed by atoms with van der Waals surface area (Å²) < 4.78 is 5.14. The molecule has 1 heterocycles. The molecule has 1 unspecified atom stereocenters. The van der Waals surface area contributed by atoms with E-state index < -0.39 is 18.0 Å². The van der Waals surface area contributed by atoms with Gasteiger partial charge in [0.1, 0.15) is 0 Å². The number of nitrogens with zero attached hydrogens (tertiary/aromatic N) is 2. The van der Waals surface area contributed by atoms with Crippen LogP contribution in [0.3, 0.4) is 0 Å². The van der Waals surface area contributed by atoms with Gasteiger partial charge in [-0.1, -0.05) is 24.3 Å². The lowest BCUT2D eigenvalue weighted by atomic mass is 10.0. The predicted molar refractivity (Wildman–Crippen MR) is 116 cm³/mol. The third-order valence-corrected chi connectivity index (χ3v) is 4.88. The van der Waals surface area contributed by atoms with E-state index in [1.165, 1.54) is 17.1 Å². The molecule has 1 atom stereocenters. The van der Waals surface area contributed by atoms with Crippen molar-refractivity contribution in [2.75, 3.05) is 25.6 Å². The number of carbonyl (C=O) groups excluding carboxylic acids is 2. The minimum absolute atomic E-state index is 0.163. The molecule has 0 saturated carbocycles. The van der Waals surface area contributed by atoms with Gasteiger partial charge in [0.2, 0.25) is 0 Å². The molecule has 3 rings (SSSR count). The normalized spacial score (nSPS) is 17.1. The highest BCUT2D eigenvalue weighted by molar-refractivity contribution is 6.07. The number of hydrazine groups is 1. The number of hydrogen-bond acceptors (Lipinski definition) is 6. The molecule has 1 fully saturated rings. The number of hydrogen-bond donors (Lipinski definition) is 2. The Hall–Kier alpha value is -3.65. The lowest BCUT2D eigenvalue weighted by molar-refractivity contribution is -0.144. The van der Waals surface area contributed by atoms with Crippen LogP contribution >= 0.6 is 0 Å². The highest BCUT2D eigenvalue weighted by Crippen LogP contribution is 2.23. The lowest BCUT2D eigenvalue weighted by Gasteiger charge is -2.17. The van der Waals surface area contributed by atoms with E-state index in [2.05, 4.69) is 5.43 Å². The largest absolute Gasteiger partial charge is 0.478 e. The molecule has 8 nitrogen and oxygen atoms in total. The highest BCUT2D eigenvalue weighted by atomic mass is 16.5. The monoisotopic (exact) mass is 423 g/mol. The van der Waals surface area contributed by atoms with Gasteiger partial charge in [-0.05, 0) is 48.4 Å². The standard InChI is InChI=1S/C23H25N3O5/c1-4-31-23(30)20-19(13-15-7-11-18(12-8-15)25(2)3)21(27)26(24-20)14-16-5-9-17(10-6-16)22(28)29/h5-13,20,24H,4,14H2,1-3H3,(H,28,29). The molecule has 0 spiro atoms. The Morgan fingerprint density at radius 1 is 1.13 bits per heavy atom. The van der Waals surface area contributed by atoms with Crippen LogP contribution in [0, 0.1) is 0 Å². The average Bonchev–Trinajstić information content (AvgIpc) is 3.04. The maximum Gasteiger partial charge on any atom is 0.335 e. The van der Waals surface area contributed by atoms with Gasteiger partial charge in [-0.2, -0.15) is 0 Å². The fourth-order valence-corrected chi connectivity index (χ4v) is 3.21. The number of ether oxygens (including phenoxy) is 1. The minimum atomic E-state index is -1.02. The number of aromatic carboxylic acids is 1. The molecule has 162 valence electrons. The summed E-state index contributed by atoms with van der Waals surface area (Å²) in [5.74, 6) is -1.89. The van der Waals surface area contributed by atoms with Crippen molar-refractivity contribution in [2.45, 2.75) is 19.5 Å². The number of nitrogens with one attached hydrogen (secondary N) is 1. The van der Waals surface area contributed by atoms with Crippen LogP contribution in [0.15, 0.2) is 54.1 Å². The van der Waals surface area contributed by atoms with Gasteiger partial charge in [-0.15, -0.1) is 0 Å². The summed E-state index contributed by atoms with van der Waals surface area (Å²) >= 11 is 0. The second kappa shape index (κ2) is 9.44. The van der Waals surface area contributed by atoms with Crippen LogP contribution in [0.5, 0.6) is 0 Å². The molecule has 0 aliphatic carbocycles. The first kappa shape index (κ1) is 22.0. The first-order valence-electron chi connectivity index (χ1n) is 9.86. The predicted octanol–water partition coefficient (Wildman–Crippen LogP) is 2.31. The Kier molecular flexibility index (Phi) is 6.71. The van der Waals surface area contributed by atoms with Crippen molar-refractivity contribution in [3.63, 3.8) is 0 Å². The number of esters is 1. The summed E-state index contributed by atoms with van der Waals surface area (Å²) in [5.41, 5.74) is 5.92. The first-order valence-corrected chi connectivity index (χ1v) is 9.86. The van der Waals surface area contributed by atoms with E-state index in [0.717, 1.165) is 16.8 Å². The summed E-state index contributed by atoms with van der Waals surface area (Å²) in [7, 11) is 3.88.